The summed E-state index contributed by atoms with van der Waals surface area (Å²) in [6.45, 7) is 10.3. The van der Waals surface area contributed by atoms with Gasteiger partial charge in [-0.1, -0.05) is 11.6 Å². The first-order chi connectivity index (χ1) is 17.7. The SMILES string of the molecule is C[C@@H]1Cc2ncnc(N3C[C@H]4CC[C@@H](C3)C4NC(=O)OC(C)(C)C)c2CN1c1cc(Cl)nc2[nH]ccc12. The second-order valence-corrected chi connectivity index (χ2v) is 12.1. The summed E-state index contributed by atoms with van der Waals surface area (Å²) in [6, 6.07) is 4.41. The highest BCUT2D eigenvalue weighted by molar-refractivity contribution is 6.30. The molecule has 3 aliphatic rings. The zero-order valence-corrected chi connectivity index (χ0v) is 22.5. The van der Waals surface area contributed by atoms with Crippen LogP contribution in [0.4, 0.5) is 16.3 Å². The fourth-order valence-electron chi connectivity index (χ4n) is 6.39. The van der Waals surface area contributed by atoms with Crippen LogP contribution in [0.15, 0.2) is 24.7 Å². The molecule has 1 amide bonds. The van der Waals surface area contributed by atoms with Crippen LogP contribution in [0.2, 0.25) is 5.15 Å². The lowest BCUT2D eigenvalue weighted by molar-refractivity contribution is 0.0472. The molecule has 5 heterocycles. The number of aromatic nitrogens is 4. The van der Waals surface area contributed by atoms with Crippen molar-refractivity contribution in [2.24, 2.45) is 11.8 Å². The number of rotatable bonds is 3. The van der Waals surface area contributed by atoms with Gasteiger partial charge in [-0.15, -0.1) is 0 Å². The molecule has 9 nitrogen and oxygen atoms in total. The van der Waals surface area contributed by atoms with E-state index in [1.165, 1.54) is 5.56 Å². The van der Waals surface area contributed by atoms with Gasteiger partial charge in [-0.25, -0.2) is 19.7 Å². The van der Waals surface area contributed by atoms with Crippen molar-refractivity contribution in [3.63, 3.8) is 0 Å². The number of nitrogens with zero attached hydrogens (tertiary/aromatic N) is 5. The third-order valence-corrected chi connectivity index (χ3v) is 8.16. The van der Waals surface area contributed by atoms with Crippen LogP contribution in [-0.2, 0) is 17.7 Å². The summed E-state index contributed by atoms with van der Waals surface area (Å²) in [5.74, 6) is 1.75. The highest BCUT2D eigenvalue weighted by Gasteiger charge is 2.44. The number of piperidine rings is 1. The lowest BCUT2D eigenvalue weighted by Gasteiger charge is -2.42. The van der Waals surface area contributed by atoms with Crippen molar-refractivity contribution in [1.82, 2.24) is 25.3 Å². The Bertz CT molecular complexity index is 1320. The number of alkyl carbamates (subject to hydrolysis) is 1. The number of fused-ring (bicyclic) bond motifs is 4. The van der Waals surface area contributed by atoms with E-state index in [0.29, 0.717) is 23.5 Å². The molecular formula is C27H34ClN7O2. The van der Waals surface area contributed by atoms with Crippen LogP contribution in [0.5, 0.6) is 0 Å². The number of carbonyl (C=O) groups is 1. The Morgan fingerprint density at radius 1 is 1.22 bits per heavy atom. The molecule has 196 valence electrons. The smallest absolute Gasteiger partial charge is 0.407 e. The van der Waals surface area contributed by atoms with Crippen molar-refractivity contribution >= 4 is 40.2 Å². The number of amides is 1. The number of ether oxygens (including phenoxy) is 1. The number of halogens is 1. The molecule has 1 saturated heterocycles. The van der Waals surface area contributed by atoms with Crippen molar-refractivity contribution in [3.05, 3.63) is 41.1 Å². The fourth-order valence-corrected chi connectivity index (χ4v) is 6.58. The summed E-state index contributed by atoms with van der Waals surface area (Å²) < 4.78 is 5.54. The van der Waals surface area contributed by atoms with Crippen molar-refractivity contribution in [1.29, 1.82) is 0 Å². The van der Waals surface area contributed by atoms with E-state index >= 15 is 0 Å². The molecule has 2 aliphatic heterocycles. The second-order valence-electron chi connectivity index (χ2n) is 11.7. The van der Waals surface area contributed by atoms with Crippen LogP contribution in [0.3, 0.4) is 0 Å². The Hall–Kier alpha value is -3.07. The lowest BCUT2D eigenvalue weighted by Crippen LogP contribution is -2.54. The minimum Gasteiger partial charge on any atom is -0.444 e. The second kappa shape index (κ2) is 9.04. The maximum atomic E-state index is 12.5. The molecule has 1 saturated carbocycles. The molecule has 2 N–H and O–H groups in total. The molecule has 1 unspecified atom stereocenters. The van der Waals surface area contributed by atoms with Crippen LogP contribution in [0.25, 0.3) is 11.0 Å². The molecule has 1 aliphatic carbocycles. The summed E-state index contributed by atoms with van der Waals surface area (Å²) in [7, 11) is 0. The lowest BCUT2D eigenvalue weighted by atomic mass is 9.91. The van der Waals surface area contributed by atoms with Gasteiger partial charge in [0.2, 0.25) is 0 Å². The number of aromatic amines is 1. The molecule has 4 atom stereocenters. The van der Waals surface area contributed by atoms with Crippen LogP contribution in [0, 0.1) is 11.8 Å². The van der Waals surface area contributed by atoms with E-state index < -0.39 is 5.60 Å². The third-order valence-electron chi connectivity index (χ3n) is 7.96. The number of pyridine rings is 1. The van der Waals surface area contributed by atoms with E-state index in [9.17, 15) is 4.79 Å². The summed E-state index contributed by atoms with van der Waals surface area (Å²) in [6.07, 6.45) is 6.31. The van der Waals surface area contributed by atoms with Crippen LogP contribution >= 0.6 is 11.6 Å². The molecule has 3 aromatic rings. The van der Waals surface area contributed by atoms with Gasteiger partial charge in [-0.2, -0.15) is 0 Å². The summed E-state index contributed by atoms with van der Waals surface area (Å²) in [5.41, 5.74) is 3.65. The van der Waals surface area contributed by atoms with E-state index in [2.05, 4.69) is 43.1 Å². The predicted octanol–water partition coefficient (Wildman–Crippen LogP) is 4.70. The maximum Gasteiger partial charge on any atom is 0.407 e. The van der Waals surface area contributed by atoms with Gasteiger partial charge >= 0.3 is 6.09 Å². The minimum atomic E-state index is -0.502. The molecular weight excluding hydrogens is 490 g/mol. The van der Waals surface area contributed by atoms with E-state index in [4.69, 9.17) is 21.3 Å². The van der Waals surface area contributed by atoms with Gasteiger partial charge in [-0.3, -0.25) is 0 Å². The Morgan fingerprint density at radius 2 is 1.97 bits per heavy atom. The highest BCUT2D eigenvalue weighted by atomic mass is 35.5. The molecule has 0 spiro atoms. The van der Waals surface area contributed by atoms with Crippen molar-refractivity contribution in [3.8, 4) is 0 Å². The van der Waals surface area contributed by atoms with Crippen molar-refractivity contribution < 1.29 is 9.53 Å². The Kier molecular flexibility index (Phi) is 5.93. The molecule has 37 heavy (non-hydrogen) atoms. The summed E-state index contributed by atoms with van der Waals surface area (Å²) in [4.78, 5) is 34.4. The number of hydrogen-bond donors (Lipinski definition) is 2. The quantitative estimate of drug-likeness (QED) is 0.480. The van der Waals surface area contributed by atoms with Crippen LogP contribution in [0.1, 0.15) is 51.8 Å². The monoisotopic (exact) mass is 523 g/mol. The summed E-state index contributed by atoms with van der Waals surface area (Å²) in [5, 5.41) is 4.71. The Morgan fingerprint density at radius 3 is 2.70 bits per heavy atom. The molecule has 2 fully saturated rings. The van der Waals surface area contributed by atoms with Crippen LogP contribution < -0.4 is 15.1 Å². The van der Waals surface area contributed by atoms with Gasteiger partial charge in [0.05, 0.1) is 11.4 Å². The Labute approximate surface area is 222 Å². The minimum absolute atomic E-state index is 0.140. The molecule has 3 aromatic heterocycles. The average molecular weight is 524 g/mol. The van der Waals surface area contributed by atoms with Gasteiger partial charge in [-0.05, 0) is 64.5 Å². The predicted molar refractivity (Wildman–Crippen MR) is 144 cm³/mol. The zero-order valence-electron chi connectivity index (χ0n) is 21.8. The van der Waals surface area contributed by atoms with E-state index in [-0.39, 0.29) is 18.2 Å². The standard InChI is InChI=1S/C27H34ClN7O2/c1-15-9-20-19(13-35(15)21-10-22(28)32-24-18(21)7-8-29-24)25(31-14-30-20)34-11-16-5-6-17(12-34)23(16)33-26(36)37-27(2,3)4/h7-8,10,14-17,23H,5-6,9,11-13H2,1-4H3,(H,29,32)(H,33,36)/t15-,16-,17+,23?/m1/s1. The number of carbonyl (C=O) groups excluding carboxylic acids is 1. The van der Waals surface area contributed by atoms with E-state index in [1.807, 2.05) is 33.0 Å². The third kappa shape index (κ3) is 4.58. The first-order valence-electron chi connectivity index (χ1n) is 13.1. The highest BCUT2D eigenvalue weighted by Crippen LogP contribution is 2.41. The topological polar surface area (TPSA) is 99.3 Å². The van der Waals surface area contributed by atoms with Gasteiger partial charge < -0.3 is 24.8 Å². The zero-order chi connectivity index (χ0) is 25.9. The number of hydrogen-bond acceptors (Lipinski definition) is 7. The number of anilines is 2. The van der Waals surface area contributed by atoms with Crippen LogP contribution in [-0.4, -0.2) is 56.8 Å². The van der Waals surface area contributed by atoms with Gasteiger partial charge in [0, 0.05) is 55.3 Å². The maximum absolute atomic E-state index is 12.5. The average Bonchev–Trinajstić information content (AvgIpc) is 3.36. The first kappa shape index (κ1) is 24.3. The molecule has 6 rings (SSSR count). The largest absolute Gasteiger partial charge is 0.444 e. The van der Waals surface area contributed by atoms with Crippen molar-refractivity contribution in [2.75, 3.05) is 22.9 Å². The summed E-state index contributed by atoms with van der Waals surface area (Å²) >= 11 is 6.40. The van der Waals surface area contributed by atoms with Gasteiger partial charge in [0.1, 0.15) is 28.5 Å². The first-order valence-corrected chi connectivity index (χ1v) is 13.5. The number of H-pyrrole nitrogens is 1. The molecule has 10 heteroatoms. The number of nitrogens with one attached hydrogen (secondary N) is 2. The molecule has 2 bridgehead atoms. The van der Waals surface area contributed by atoms with Gasteiger partial charge in [0.15, 0.2) is 0 Å². The van der Waals surface area contributed by atoms with Crippen molar-refractivity contribution in [2.45, 2.75) is 71.2 Å². The normalized spacial score (nSPS) is 25.3. The van der Waals surface area contributed by atoms with E-state index in [0.717, 1.165) is 60.6 Å². The molecule has 0 radical (unpaired) electrons. The van der Waals surface area contributed by atoms with E-state index in [1.54, 1.807) is 6.33 Å². The fraction of sp³-hybridized carbons (Fsp3) is 0.556. The van der Waals surface area contributed by atoms with Gasteiger partial charge in [0.25, 0.3) is 0 Å². The molecule has 0 aromatic carbocycles. The Balaban J connectivity index is 1.26.